The highest BCUT2D eigenvalue weighted by Gasteiger charge is 1.99. The number of hydrogen-bond donors (Lipinski definition) is 0. The van der Waals surface area contributed by atoms with Crippen LogP contribution in [0.4, 0.5) is 0 Å². The second-order valence-corrected chi connectivity index (χ2v) is 8.15. The van der Waals surface area contributed by atoms with Crippen molar-refractivity contribution in [3.8, 4) is 0 Å². The van der Waals surface area contributed by atoms with Gasteiger partial charge in [-0.1, -0.05) is 5.67 Å². The minimum Gasteiger partial charge on any atom is -0.0746 e. The maximum absolute atomic E-state index is 1.57. The number of hydrogen-bond acceptors (Lipinski definition) is 0. The molecule has 6 radical (unpaired) electrons. The lowest BCUT2D eigenvalue weighted by Gasteiger charge is -2.01. The molecule has 0 bridgehead atoms. The van der Waals surface area contributed by atoms with Gasteiger partial charge in [-0.05, 0) is 0 Å². The molecule has 0 aromatic rings. The third-order valence-electron chi connectivity index (χ3n) is 0.354. The van der Waals surface area contributed by atoms with E-state index in [0.29, 0.717) is 0 Å². The Balaban J connectivity index is 2.00. The summed E-state index contributed by atoms with van der Waals surface area (Å²) in [7, 11) is 4.10. The fourth-order valence-corrected chi connectivity index (χ4v) is 2.39. The lowest BCUT2D eigenvalue weighted by molar-refractivity contribution is 2.06. The van der Waals surface area contributed by atoms with Crippen LogP contribution in [-0.2, 0) is 0 Å². The minimum atomic E-state index is 1.36. The molecule has 1 rings (SSSR count). The van der Waals surface area contributed by atoms with E-state index in [1.165, 1.54) is 26.6 Å². The van der Waals surface area contributed by atoms with Crippen LogP contribution in [-0.4, -0.2) is 26.6 Å². The molecule has 0 aliphatic carbocycles. The molecule has 1 aliphatic rings. The molecule has 18 valence electrons. The zero-order chi connectivity index (χ0) is 2.83. The van der Waals surface area contributed by atoms with Crippen molar-refractivity contribution in [2.24, 2.45) is 0 Å². The van der Waals surface area contributed by atoms with E-state index in [2.05, 4.69) is 0 Å². The first-order valence-corrected chi connectivity index (χ1v) is 6.62. The molecular weight excluding hydrogens is 96.3 g/mol. The summed E-state index contributed by atoms with van der Waals surface area (Å²) in [5.41, 5.74) is 1.57. The standard InChI is InChI=1S/CH2Si3/c1-2-4-3-1/h1H2. The Morgan fingerprint density at radius 1 is 1.25 bits per heavy atom. The molecule has 0 nitrogen and oxygen atoms in total. The summed E-state index contributed by atoms with van der Waals surface area (Å²) < 4.78 is 0. The Hall–Kier alpha value is 0.651. The molecular formula is CH2Si3. The summed E-state index contributed by atoms with van der Waals surface area (Å²) in [5, 5.41) is 0. The predicted octanol–water partition coefficient (Wildman–Crippen LogP) is -0.682. The van der Waals surface area contributed by atoms with Crippen LogP contribution in [0.1, 0.15) is 0 Å². The monoisotopic (exact) mass is 97.9 g/mol. The summed E-state index contributed by atoms with van der Waals surface area (Å²) in [4.78, 5) is 0. The third kappa shape index (κ3) is 0.334. The van der Waals surface area contributed by atoms with Crippen molar-refractivity contribution in [1.82, 2.24) is 0 Å². The van der Waals surface area contributed by atoms with E-state index in [1.54, 1.807) is 5.67 Å². The molecule has 1 fully saturated rings. The van der Waals surface area contributed by atoms with Crippen LogP contribution in [0, 0.1) is 0 Å². The largest absolute Gasteiger partial charge is 0.0746 e. The smallest absolute Gasteiger partial charge is 0.0146 e. The number of rotatable bonds is 0. The van der Waals surface area contributed by atoms with Gasteiger partial charge in [0.1, 0.15) is 0 Å². The lowest BCUT2D eigenvalue weighted by atomic mass is 11.9. The van der Waals surface area contributed by atoms with Crippen molar-refractivity contribution in [3.05, 3.63) is 0 Å². The molecule has 0 unspecified atom stereocenters. The summed E-state index contributed by atoms with van der Waals surface area (Å²) in [6.07, 6.45) is 0. The molecule has 0 aromatic heterocycles. The van der Waals surface area contributed by atoms with Crippen molar-refractivity contribution < 1.29 is 0 Å². The van der Waals surface area contributed by atoms with Crippen LogP contribution >= 0.6 is 0 Å². The second-order valence-electron chi connectivity index (χ2n) is 0.655. The third-order valence-corrected chi connectivity index (χ3v) is 9.55. The molecule has 0 N–H and O–H groups in total. The van der Waals surface area contributed by atoms with Crippen LogP contribution in [0.25, 0.3) is 0 Å². The second kappa shape index (κ2) is 1.19. The minimum absolute atomic E-state index is 1.36. The quantitative estimate of drug-likeness (QED) is 0.352. The Labute approximate surface area is 33.0 Å². The molecule has 0 amide bonds. The van der Waals surface area contributed by atoms with Crippen LogP contribution in [0.5, 0.6) is 0 Å². The van der Waals surface area contributed by atoms with Gasteiger partial charge in [0, 0.05) is 26.6 Å². The molecule has 0 aromatic carbocycles. The van der Waals surface area contributed by atoms with E-state index in [9.17, 15) is 0 Å². The van der Waals surface area contributed by atoms with E-state index >= 15 is 0 Å². The molecule has 1 aliphatic heterocycles. The Kier molecular flexibility index (Phi) is 0.850. The molecule has 1 heterocycles. The fraction of sp³-hybridized carbons (Fsp3) is 1.00. The van der Waals surface area contributed by atoms with E-state index in [1.807, 2.05) is 0 Å². The van der Waals surface area contributed by atoms with Gasteiger partial charge in [0.15, 0.2) is 0 Å². The van der Waals surface area contributed by atoms with Gasteiger partial charge in [0.2, 0.25) is 0 Å². The van der Waals surface area contributed by atoms with Crippen molar-refractivity contribution >= 4 is 26.6 Å². The predicted molar refractivity (Wildman–Crippen MR) is 22.1 cm³/mol. The highest BCUT2D eigenvalue weighted by molar-refractivity contribution is 7.40. The molecule has 0 saturated carbocycles. The summed E-state index contributed by atoms with van der Waals surface area (Å²) >= 11 is 0. The van der Waals surface area contributed by atoms with Crippen molar-refractivity contribution in [2.45, 2.75) is 5.67 Å². The van der Waals surface area contributed by atoms with E-state index < -0.39 is 0 Å². The van der Waals surface area contributed by atoms with E-state index in [-0.39, 0.29) is 0 Å². The van der Waals surface area contributed by atoms with Gasteiger partial charge in [-0.2, -0.15) is 0 Å². The molecule has 3 heteroatoms. The van der Waals surface area contributed by atoms with Gasteiger partial charge >= 0.3 is 0 Å². The SMILES string of the molecule is C1[Si][Si][Si]1. The molecule has 4 heavy (non-hydrogen) atoms. The van der Waals surface area contributed by atoms with E-state index in [4.69, 9.17) is 0 Å². The van der Waals surface area contributed by atoms with Crippen molar-refractivity contribution in [1.29, 1.82) is 0 Å². The lowest BCUT2D eigenvalue weighted by Crippen LogP contribution is -2.26. The normalized spacial score (nSPS) is 24.0. The highest BCUT2D eigenvalue weighted by Crippen LogP contribution is 1.80. The Morgan fingerprint density at radius 3 is 1.50 bits per heavy atom. The Morgan fingerprint density at radius 2 is 1.50 bits per heavy atom. The van der Waals surface area contributed by atoms with Gasteiger partial charge < -0.3 is 0 Å². The summed E-state index contributed by atoms with van der Waals surface area (Å²) in [6, 6.07) is 0. The van der Waals surface area contributed by atoms with Gasteiger partial charge in [-0.3, -0.25) is 0 Å². The highest BCUT2D eigenvalue weighted by atomic mass is 29.6. The van der Waals surface area contributed by atoms with Gasteiger partial charge in [-0.15, -0.1) is 0 Å². The first-order chi connectivity index (χ1) is 2.00. The zero-order valence-electron chi connectivity index (χ0n) is 2.21. The van der Waals surface area contributed by atoms with Crippen molar-refractivity contribution in [2.75, 3.05) is 0 Å². The Bertz CT molecular complexity index is 11.2. The maximum Gasteiger partial charge on any atom is 0.0146 e. The van der Waals surface area contributed by atoms with Crippen LogP contribution in [0.3, 0.4) is 0 Å². The fourth-order valence-electron chi connectivity index (χ4n) is 0.0884. The van der Waals surface area contributed by atoms with Gasteiger partial charge in [0.05, 0.1) is 0 Å². The van der Waals surface area contributed by atoms with Crippen LogP contribution in [0.15, 0.2) is 0 Å². The first kappa shape index (κ1) is 2.87. The molecule has 1 saturated heterocycles. The molecule has 0 spiro atoms. The average Bonchev–Trinajstić information content (AvgIpc) is 0.722. The topological polar surface area (TPSA) is 0 Å². The maximum atomic E-state index is 1.57. The van der Waals surface area contributed by atoms with Crippen LogP contribution in [0.2, 0.25) is 5.67 Å². The van der Waals surface area contributed by atoms with E-state index in [0.717, 1.165) is 0 Å². The molecule has 0 atom stereocenters. The van der Waals surface area contributed by atoms with Gasteiger partial charge in [-0.25, -0.2) is 0 Å². The first-order valence-electron chi connectivity index (χ1n) is 1.21. The average molecular weight is 98.3 g/mol. The van der Waals surface area contributed by atoms with Crippen molar-refractivity contribution in [3.63, 3.8) is 0 Å². The summed E-state index contributed by atoms with van der Waals surface area (Å²) in [6.45, 7) is 0. The zero-order valence-corrected chi connectivity index (χ0v) is 5.21. The van der Waals surface area contributed by atoms with Crippen LogP contribution < -0.4 is 0 Å². The van der Waals surface area contributed by atoms with Gasteiger partial charge in [0.25, 0.3) is 0 Å². The summed E-state index contributed by atoms with van der Waals surface area (Å²) in [5.74, 6) is 0.